The zero-order chi connectivity index (χ0) is 12.3. The molecule has 100 valence electrons. The van der Waals surface area contributed by atoms with Gasteiger partial charge in [-0.05, 0) is 76.7 Å². The largest absolute Gasteiger partial charge is 0.330 e. The highest BCUT2D eigenvalue weighted by Gasteiger charge is 2.51. The van der Waals surface area contributed by atoms with Crippen LogP contribution in [0.4, 0.5) is 0 Å². The molecule has 2 bridgehead atoms. The molecule has 0 aromatic carbocycles. The summed E-state index contributed by atoms with van der Waals surface area (Å²) in [6.07, 6.45) is 6.01. The van der Waals surface area contributed by atoms with E-state index in [0.29, 0.717) is 0 Å². The van der Waals surface area contributed by atoms with Gasteiger partial charge in [-0.1, -0.05) is 0 Å². The molecule has 4 nitrogen and oxygen atoms in total. The minimum atomic E-state index is 0.268. The maximum absolute atomic E-state index is 5.87. The predicted octanol–water partition coefficient (Wildman–Crippen LogP) is 0.113. The summed E-state index contributed by atoms with van der Waals surface area (Å²) < 4.78 is 0. The SMILES string of the molecule is NCCC1C2CCN(CC2)C1(CCN)CCN. The Morgan fingerprint density at radius 1 is 0.941 bits per heavy atom. The Hall–Kier alpha value is -0.160. The molecule has 1 atom stereocenters. The van der Waals surface area contributed by atoms with E-state index in [9.17, 15) is 0 Å². The third kappa shape index (κ3) is 2.24. The van der Waals surface area contributed by atoms with Crippen molar-refractivity contribution in [3.05, 3.63) is 0 Å². The van der Waals surface area contributed by atoms with Crippen LogP contribution in [0, 0.1) is 11.8 Å². The molecule has 4 heteroatoms. The Morgan fingerprint density at radius 2 is 1.53 bits per heavy atom. The van der Waals surface area contributed by atoms with Crippen molar-refractivity contribution >= 4 is 0 Å². The van der Waals surface area contributed by atoms with Crippen LogP contribution in [0.5, 0.6) is 0 Å². The lowest BCUT2D eigenvalue weighted by molar-refractivity contribution is -0.0947. The number of fused-ring (bicyclic) bond motifs is 3. The maximum atomic E-state index is 5.87. The minimum Gasteiger partial charge on any atom is -0.330 e. The maximum Gasteiger partial charge on any atom is 0.0264 e. The van der Waals surface area contributed by atoms with Crippen molar-refractivity contribution in [2.45, 2.75) is 37.6 Å². The van der Waals surface area contributed by atoms with Gasteiger partial charge >= 0.3 is 0 Å². The summed E-state index contributed by atoms with van der Waals surface area (Å²) in [6, 6.07) is 0. The fourth-order valence-electron chi connectivity index (χ4n) is 4.42. The molecule has 3 aliphatic heterocycles. The van der Waals surface area contributed by atoms with E-state index in [1.165, 1.54) is 25.9 Å². The predicted molar refractivity (Wildman–Crippen MR) is 71.5 cm³/mol. The van der Waals surface area contributed by atoms with Gasteiger partial charge in [0.15, 0.2) is 0 Å². The van der Waals surface area contributed by atoms with Crippen molar-refractivity contribution in [2.24, 2.45) is 29.0 Å². The number of rotatable bonds is 6. The van der Waals surface area contributed by atoms with Gasteiger partial charge in [-0.3, -0.25) is 4.90 Å². The Kier molecular flexibility index (Phi) is 4.42. The van der Waals surface area contributed by atoms with Crippen LogP contribution in [-0.4, -0.2) is 43.2 Å². The fourth-order valence-corrected chi connectivity index (χ4v) is 4.42. The average molecular weight is 240 g/mol. The van der Waals surface area contributed by atoms with Gasteiger partial charge in [0.25, 0.3) is 0 Å². The Bertz CT molecular complexity index is 230. The summed E-state index contributed by atoms with van der Waals surface area (Å²) in [7, 11) is 0. The van der Waals surface area contributed by atoms with E-state index >= 15 is 0 Å². The van der Waals surface area contributed by atoms with Gasteiger partial charge in [0.05, 0.1) is 0 Å². The van der Waals surface area contributed by atoms with E-state index < -0.39 is 0 Å². The highest BCUT2D eigenvalue weighted by atomic mass is 15.2. The zero-order valence-corrected chi connectivity index (χ0v) is 10.9. The summed E-state index contributed by atoms with van der Waals surface area (Å²) in [5.74, 6) is 1.59. The van der Waals surface area contributed by atoms with Gasteiger partial charge in [0.1, 0.15) is 0 Å². The van der Waals surface area contributed by atoms with E-state index in [2.05, 4.69) is 4.90 Å². The number of hydrogen-bond donors (Lipinski definition) is 3. The lowest BCUT2D eigenvalue weighted by Crippen LogP contribution is -2.65. The number of nitrogens with two attached hydrogens (primary N) is 3. The van der Waals surface area contributed by atoms with E-state index in [4.69, 9.17) is 17.2 Å². The normalized spacial score (nSPS) is 35.1. The molecule has 6 N–H and O–H groups in total. The third-order valence-electron chi connectivity index (χ3n) is 5.06. The first-order valence-corrected chi connectivity index (χ1v) is 7.13. The second-order valence-corrected chi connectivity index (χ2v) is 5.69. The smallest absolute Gasteiger partial charge is 0.0264 e. The van der Waals surface area contributed by atoms with Crippen molar-refractivity contribution in [1.29, 1.82) is 0 Å². The minimum absolute atomic E-state index is 0.268. The molecule has 3 rings (SSSR count). The molecule has 0 aromatic heterocycles. The number of piperidine rings is 3. The van der Waals surface area contributed by atoms with Crippen LogP contribution >= 0.6 is 0 Å². The lowest BCUT2D eigenvalue weighted by atomic mass is 9.62. The molecule has 3 saturated heterocycles. The molecule has 0 aromatic rings. The summed E-state index contributed by atoms with van der Waals surface area (Å²) in [5.41, 5.74) is 17.8. The van der Waals surface area contributed by atoms with Crippen molar-refractivity contribution in [1.82, 2.24) is 4.90 Å². The number of hydrogen-bond acceptors (Lipinski definition) is 4. The van der Waals surface area contributed by atoms with Gasteiger partial charge in [0.2, 0.25) is 0 Å². The van der Waals surface area contributed by atoms with Gasteiger partial charge in [-0.25, -0.2) is 0 Å². The Labute approximate surface area is 105 Å². The molecule has 3 fully saturated rings. The zero-order valence-electron chi connectivity index (χ0n) is 10.9. The molecule has 0 aliphatic carbocycles. The molecular weight excluding hydrogens is 212 g/mol. The molecule has 3 aliphatic rings. The average Bonchev–Trinajstić information content (AvgIpc) is 2.35. The topological polar surface area (TPSA) is 81.3 Å². The monoisotopic (exact) mass is 240 g/mol. The van der Waals surface area contributed by atoms with Gasteiger partial charge in [-0.2, -0.15) is 0 Å². The standard InChI is InChI=1S/C13H28N4/c14-6-1-12-11-2-9-17(10-3-11)13(12,4-7-15)5-8-16/h11-12H,1-10,14-16H2. The van der Waals surface area contributed by atoms with E-state index in [1.807, 2.05) is 0 Å². The summed E-state index contributed by atoms with van der Waals surface area (Å²) in [6.45, 7) is 4.82. The van der Waals surface area contributed by atoms with Crippen molar-refractivity contribution in [3.8, 4) is 0 Å². The summed E-state index contributed by atoms with van der Waals surface area (Å²) >= 11 is 0. The Morgan fingerprint density at radius 3 is 2.00 bits per heavy atom. The van der Waals surface area contributed by atoms with Crippen LogP contribution in [0.25, 0.3) is 0 Å². The molecule has 0 amide bonds. The van der Waals surface area contributed by atoms with Crippen molar-refractivity contribution in [2.75, 3.05) is 32.7 Å². The van der Waals surface area contributed by atoms with Crippen LogP contribution < -0.4 is 17.2 Å². The molecule has 17 heavy (non-hydrogen) atoms. The van der Waals surface area contributed by atoms with Gasteiger partial charge in [0, 0.05) is 5.54 Å². The first-order chi connectivity index (χ1) is 8.28. The lowest BCUT2D eigenvalue weighted by Gasteiger charge is -2.60. The highest BCUT2D eigenvalue weighted by molar-refractivity contribution is 5.06. The van der Waals surface area contributed by atoms with Crippen LogP contribution in [0.1, 0.15) is 32.1 Å². The summed E-state index contributed by atoms with van der Waals surface area (Å²) in [5, 5.41) is 0. The van der Waals surface area contributed by atoms with Crippen LogP contribution in [-0.2, 0) is 0 Å². The van der Waals surface area contributed by atoms with Crippen molar-refractivity contribution in [3.63, 3.8) is 0 Å². The second kappa shape index (κ2) is 5.65. The van der Waals surface area contributed by atoms with Crippen LogP contribution in [0.2, 0.25) is 0 Å². The third-order valence-corrected chi connectivity index (χ3v) is 5.06. The Balaban J connectivity index is 2.23. The highest BCUT2D eigenvalue weighted by Crippen LogP contribution is 2.48. The van der Waals surface area contributed by atoms with Crippen LogP contribution in [0.3, 0.4) is 0 Å². The second-order valence-electron chi connectivity index (χ2n) is 5.69. The summed E-state index contributed by atoms with van der Waals surface area (Å²) in [4.78, 5) is 2.67. The molecule has 3 heterocycles. The molecule has 1 unspecified atom stereocenters. The number of nitrogens with zero attached hydrogens (tertiary/aromatic N) is 1. The van der Waals surface area contributed by atoms with Gasteiger partial charge < -0.3 is 17.2 Å². The quantitative estimate of drug-likeness (QED) is 0.616. The van der Waals surface area contributed by atoms with Gasteiger partial charge in [-0.15, -0.1) is 0 Å². The molecule has 0 radical (unpaired) electrons. The molecule has 0 saturated carbocycles. The van der Waals surface area contributed by atoms with E-state index in [-0.39, 0.29) is 5.54 Å². The fraction of sp³-hybridized carbons (Fsp3) is 1.00. The van der Waals surface area contributed by atoms with Crippen molar-refractivity contribution < 1.29 is 0 Å². The van der Waals surface area contributed by atoms with E-state index in [1.54, 1.807) is 0 Å². The van der Waals surface area contributed by atoms with E-state index in [0.717, 1.165) is 50.7 Å². The molecule has 0 spiro atoms. The first-order valence-electron chi connectivity index (χ1n) is 7.13. The van der Waals surface area contributed by atoms with Crippen LogP contribution in [0.15, 0.2) is 0 Å². The first kappa shape index (κ1) is 13.3. The molecular formula is C13H28N4.